The van der Waals surface area contributed by atoms with Crippen molar-refractivity contribution in [2.75, 3.05) is 27.3 Å². The average Bonchev–Trinajstić information content (AvgIpc) is 2.39. The van der Waals surface area contributed by atoms with Gasteiger partial charge in [0.1, 0.15) is 5.82 Å². The number of nitrogens with zero attached hydrogens (tertiary/aromatic N) is 1. The lowest BCUT2D eigenvalue weighted by Crippen LogP contribution is -2.29. The number of carbonyl (C=O) groups excluding carboxylic acids is 1. The Balaban J connectivity index is 3.09. The molecule has 0 saturated heterocycles. The second-order valence-electron chi connectivity index (χ2n) is 4.70. The smallest absolute Gasteiger partial charge is 0.253 e. The lowest BCUT2D eigenvalue weighted by atomic mass is 10.1. The van der Waals surface area contributed by atoms with Crippen molar-refractivity contribution < 1.29 is 22.3 Å². The largest absolute Gasteiger partial charge is 0.385 e. The molecule has 0 fully saturated rings. The van der Waals surface area contributed by atoms with Crippen LogP contribution in [0.25, 0.3) is 0 Å². The zero-order valence-electron chi connectivity index (χ0n) is 12.2. The number of halogens is 1. The van der Waals surface area contributed by atoms with Gasteiger partial charge in [-0.15, -0.1) is 0 Å². The summed E-state index contributed by atoms with van der Waals surface area (Å²) in [5.41, 5.74) is -0.155. The number of sulfonamides is 1. The molecule has 118 valence electrons. The summed E-state index contributed by atoms with van der Waals surface area (Å²) in [5.74, 6) is -1.26. The highest BCUT2D eigenvalue weighted by atomic mass is 32.2. The first kappa shape index (κ1) is 17.5. The molecule has 1 rings (SSSR count). The van der Waals surface area contributed by atoms with E-state index in [1.54, 1.807) is 14.2 Å². The number of benzene rings is 1. The van der Waals surface area contributed by atoms with Crippen LogP contribution in [0.5, 0.6) is 0 Å². The molecular formula is C13H19FN2O4S. The Kier molecular flexibility index (Phi) is 5.82. The molecule has 0 unspecified atom stereocenters. The number of hydrogen-bond donors (Lipinski definition) is 1. The molecular weight excluding hydrogens is 299 g/mol. The van der Waals surface area contributed by atoms with Crippen LogP contribution in [0, 0.1) is 12.7 Å². The molecule has 0 saturated carbocycles. The van der Waals surface area contributed by atoms with Crippen molar-refractivity contribution in [3.05, 3.63) is 29.1 Å². The third kappa shape index (κ3) is 4.48. The predicted octanol–water partition coefficient (Wildman–Crippen LogP) is 0.890. The van der Waals surface area contributed by atoms with Crippen LogP contribution >= 0.6 is 0 Å². The van der Waals surface area contributed by atoms with E-state index in [1.807, 2.05) is 0 Å². The van der Waals surface area contributed by atoms with Crippen LogP contribution in [0.3, 0.4) is 0 Å². The van der Waals surface area contributed by atoms with Crippen molar-refractivity contribution in [2.45, 2.75) is 18.2 Å². The molecule has 0 aliphatic heterocycles. The second-order valence-corrected chi connectivity index (χ2v) is 6.23. The Morgan fingerprint density at radius 3 is 2.57 bits per heavy atom. The van der Waals surface area contributed by atoms with Crippen molar-refractivity contribution in [1.29, 1.82) is 0 Å². The molecule has 8 heteroatoms. The minimum Gasteiger partial charge on any atom is -0.385 e. The van der Waals surface area contributed by atoms with Gasteiger partial charge in [0.2, 0.25) is 10.0 Å². The van der Waals surface area contributed by atoms with E-state index in [1.165, 1.54) is 11.8 Å². The summed E-state index contributed by atoms with van der Waals surface area (Å²) < 4.78 is 41.5. The summed E-state index contributed by atoms with van der Waals surface area (Å²) in [6.45, 7) is 2.20. The number of primary sulfonamides is 1. The van der Waals surface area contributed by atoms with E-state index in [0.717, 1.165) is 12.1 Å². The Morgan fingerprint density at radius 1 is 1.43 bits per heavy atom. The van der Waals surface area contributed by atoms with Gasteiger partial charge in [0.15, 0.2) is 0 Å². The van der Waals surface area contributed by atoms with Gasteiger partial charge in [-0.3, -0.25) is 4.79 Å². The molecule has 0 aromatic heterocycles. The van der Waals surface area contributed by atoms with Crippen LogP contribution in [0.2, 0.25) is 0 Å². The monoisotopic (exact) mass is 318 g/mol. The van der Waals surface area contributed by atoms with Gasteiger partial charge >= 0.3 is 0 Å². The fourth-order valence-corrected chi connectivity index (χ4v) is 2.66. The molecule has 0 aliphatic carbocycles. The van der Waals surface area contributed by atoms with E-state index in [0.29, 0.717) is 19.6 Å². The SMILES string of the molecule is COCCCN(C)C(=O)c1cc(F)c(C)c(S(N)(=O)=O)c1. The number of rotatable bonds is 6. The van der Waals surface area contributed by atoms with Crippen molar-refractivity contribution in [3.8, 4) is 0 Å². The quantitative estimate of drug-likeness (QED) is 0.789. The highest BCUT2D eigenvalue weighted by molar-refractivity contribution is 7.89. The fraction of sp³-hybridized carbons (Fsp3) is 0.462. The maximum Gasteiger partial charge on any atom is 0.253 e. The minimum absolute atomic E-state index is 0.0537. The fourth-order valence-electron chi connectivity index (χ4n) is 1.84. The Labute approximate surface area is 123 Å². The molecule has 2 N–H and O–H groups in total. The van der Waals surface area contributed by atoms with Crippen LogP contribution in [-0.4, -0.2) is 46.5 Å². The zero-order chi connectivity index (χ0) is 16.2. The Bertz CT molecular complexity index is 631. The molecule has 6 nitrogen and oxygen atoms in total. The number of hydrogen-bond acceptors (Lipinski definition) is 4. The first-order valence-electron chi connectivity index (χ1n) is 6.25. The topological polar surface area (TPSA) is 89.7 Å². The summed E-state index contributed by atoms with van der Waals surface area (Å²) in [5, 5.41) is 5.03. The second kappa shape index (κ2) is 6.97. The van der Waals surface area contributed by atoms with Crippen LogP contribution in [0.15, 0.2) is 17.0 Å². The van der Waals surface area contributed by atoms with Gasteiger partial charge in [0.05, 0.1) is 4.90 Å². The van der Waals surface area contributed by atoms with Crippen molar-refractivity contribution in [3.63, 3.8) is 0 Å². The first-order chi connectivity index (χ1) is 9.68. The Morgan fingerprint density at radius 2 is 2.05 bits per heavy atom. The standard InChI is InChI=1S/C13H19FN2O4S/c1-9-11(14)7-10(8-12(9)21(15,18)19)13(17)16(2)5-4-6-20-3/h7-8H,4-6H2,1-3H3,(H2,15,18,19). The van der Waals surface area contributed by atoms with Gasteiger partial charge in [0.25, 0.3) is 5.91 Å². The van der Waals surface area contributed by atoms with Crippen molar-refractivity contribution in [1.82, 2.24) is 4.90 Å². The minimum atomic E-state index is -4.09. The lowest BCUT2D eigenvalue weighted by Gasteiger charge is -2.18. The third-order valence-electron chi connectivity index (χ3n) is 3.04. The number of amides is 1. The third-order valence-corrected chi connectivity index (χ3v) is 4.08. The van der Waals surface area contributed by atoms with Gasteiger partial charge in [-0.05, 0) is 25.5 Å². The normalized spacial score (nSPS) is 11.5. The molecule has 0 atom stereocenters. The number of nitrogens with two attached hydrogens (primary N) is 1. The van der Waals surface area contributed by atoms with E-state index in [2.05, 4.69) is 0 Å². The number of methoxy groups -OCH3 is 1. The molecule has 21 heavy (non-hydrogen) atoms. The maximum absolute atomic E-state index is 13.8. The highest BCUT2D eigenvalue weighted by Gasteiger charge is 2.20. The van der Waals surface area contributed by atoms with Crippen molar-refractivity contribution >= 4 is 15.9 Å². The molecule has 1 aromatic carbocycles. The van der Waals surface area contributed by atoms with Gasteiger partial charge < -0.3 is 9.64 Å². The lowest BCUT2D eigenvalue weighted by molar-refractivity contribution is 0.0778. The van der Waals surface area contributed by atoms with E-state index in [-0.39, 0.29) is 16.0 Å². The number of ether oxygens (including phenoxy) is 1. The summed E-state index contributed by atoms with van der Waals surface area (Å²) in [7, 11) is -0.990. The molecule has 1 aromatic rings. The zero-order valence-corrected chi connectivity index (χ0v) is 13.0. The first-order valence-corrected chi connectivity index (χ1v) is 7.80. The van der Waals surface area contributed by atoms with Crippen molar-refractivity contribution in [2.24, 2.45) is 5.14 Å². The van der Waals surface area contributed by atoms with Crippen LogP contribution < -0.4 is 5.14 Å². The van der Waals surface area contributed by atoms with Gasteiger partial charge in [-0.2, -0.15) is 0 Å². The average molecular weight is 318 g/mol. The van der Waals surface area contributed by atoms with E-state index in [4.69, 9.17) is 9.88 Å². The summed E-state index contributed by atoms with van der Waals surface area (Å²) in [4.78, 5) is 13.2. The molecule has 0 spiro atoms. The summed E-state index contributed by atoms with van der Waals surface area (Å²) in [6, 6.07) is 2.11. The summed E-state index contributed by atoms with van der Waals surface area (Å²) >= 11 is 0. The highest BCUT2D eigenvalue weighted by Crippen LogP contribution is 2.20. The van der Waals surface area contributed by atoms with Gasteiger partial charge in [0, 0.05) is 38.4 Å². The molecule has 0 radical (unpaired) electrons. The van der Waals surface area contributed by atoms with E-state index < -0.39 is 21.7 Å². The van der Waals surface area contributed by atoms with Gasteiger partial charge in [-0.1, -0.05) is 0 Å². The maximum atomic E-state index is 13.8. The molecule has 0 heterocycles. The predicted molar refractivity (Wildman–Crippen MR) is 76.0 cm³/mol. The van der Waals surface area contributed by atoms with Crippen LogP contribution in [-0.2, 0) is 14.8 Å². The van der Waals surface area contributed by atoms with E-state index >= 15 is 0 Å². The Hall–Kier alpha value is -1.51. The molecule has 0 bridgehead atoms. The summed E-state index contributed by atoms with van der Waals surface area (Å²) in [6.07, 6.45) is 0.620. The van der Waals surface area contributed by atoms with Crippen LogP contribution in [0.4, 0.5) is 4.39 Å². The molecule has 1 amide bonds. The molecule has 0 aliphatic rings. The van der Waals surface area contributed by atoms with E-state index in [9.17, 15) is 17.6 Å². The number of carbonyl (C=O) groups is 1. The van der Waals surface area contributed by atoms with Crippen LogP contribution in [0.1, 0.15) is 22.3 Å². The van der Waals surface area contributed by atoms with Gasteiger partial charge in [-0.25, -0.2) is 17.9 Å².